The smallest absolute Gasteiger partial charge is 0.0226 e. The van der Waals surface area contributed by atoms with Gasteiger partial charge in [-0.1, -0.05) is 12.8 Å². The van der Waals surface area contributed by atoms with Gasteiger partial charge in [-0.2, -0.15) is 0 Å². The highest BCUT2D eigenvalue weighted by atomic mass is 35.5. The van der Waals surface area contributed by atoms with Crippen molar-refractivity contribution in [2.75, 3.05) is 25.5 Å². The molecule has 0 aromatic rings. The summed E-state index contributed by atoms with van der Waals surface area (Å²) in [6.45, 7) is 4.01. The van der Waals surface area contributed by atoms with Crippen LogP contribution in [-0.2, 0) is 0 Å². The number of likely N-dealkylation sites (tertiary alicyclic amines) is 1. The molecule has 0 radical (unpaired) electrons. The molecule has 82 valence electrons. The van der Waals surface area contributed by atoms with Crippen LogP contribution >= 0.6 is 11.6 Å². The van der Waals surface area contributed by atoms with Gasteiger partial charge >= 0.3 is 0 Å². The maximum absolute atomic E-state index is 5.80. The van der Waals surface area contributed by atoms with E-state index >= 15 is 0 Å². The first kappa shape index (κ1) is 10.8. The van der Waals surface area contributed by atoms with E-state index in [-0.39, 0.29) is 0 Å². The van der Waals surface area contributed by atoms with E-state index in [1.807, 2.05) is 0 Å². The predicted octanol–water partition coefficient (Wildman–Crippen LogP) is 3.13. The molecule has 0 aromatic heterocycles. The van der Waals surface area contributed by atoms with Crippen LogP contribution in [0.25, 0.3) is 0 Å². The number of alkyl halides is 1. The highest BCUT2D eigenvalue weighted by molar-refractivity contribution is 6.17. The van der Waals surface area contributed by atoms with Crippen LogP contribution in [-0.4, -0.2) is 30.4 Å². The van der Waals surface area contributed by atoms with Crippen molar-refractivity contribution in [3.8, 4) is 0 Å². The summed E-state index contributed by atoms with van der Waals surface area (Å²) >= 11 is 5.80. The molecule has 0 amide bonds. The fraction of sp³-hybridized carbons (Fsp3) is 1.00. The van der Waals surface area contributed by atoms with Crippen LogP contribution in [0.15, 0.2) is 0 Å². The second-order valence-electron chi connectivity index (χ2n) is 5.02. The van der Waals surface area contributed by atoms with Gasteiger partial charge < -0.3 is 4.90 Å². The average Bonchev–Trinajstić information content (AvgIpc) is 2.99. The highest BCUT2D eigenvalue weighted by Gasteiger charge is 2.24. The Kier molecular flexibility index (Phi) is 4.12. The van der Waals surface area contributed by atoms with Crippen LogP contribution in [0.3, 0.4) is 0 Å². The Morgan fingerprint density at radius 3 is 2.64 bits per heavy atom. The molecule has 1 aliphatic carbocycles. The first-order valence-corrected chi connectivity index (χ1v) is 6.70. The molecule has 1 unspecified atom stereocenters. The predicted molar refractivity (Wildman–Crippen MR) is 61.8 cm³/mol. The zero-order valence-electron chi connectivity index (χ0n) is 9.05. The number of rotatable bonds is 5. The molecule has 0 aromatic carbocycles. The summed E-state index contributed by atoms with van der Waals surface area (Å²) < 4.78 is 0. The van der Waals surface area contributed by atoms with E-state index < -0.39 is 0 Å². The molecule has 1 nitrogen and oxygen atoms in total. The van der Waals surface area contributed by atoms with Gasteiger partial charge in [0.05, 0.1) is 0 Å². The summed E-state index contributed by atoms with van der Waals surface area (Å²) in [5.41, 5.74) is 0. The van der Waals surface area contributed by atoms with Gasteiger partial charge in [0, 0.05) is 12.4 Å². The summed E-state index contributed by atoms with van der Waals surface area (Å²) in [6.07, 6.45) is 8.48. The lowest BCUT2D eigenvalue weighted by Crippen LogP contribution is -2.36. The van der Waals surface area contributed by atoms with Gasteiger partial charge in [-0.15, -0.1) is 11.6 Å². The van der Waals surface area contributed by atoms with Crippen LogP contribution < -0.4 is 0 Å². The van der Waals surface area contributed by atoms with Gasteiger partial charge in [0.25, 0.3) is 0 Å². The van der Waals surface area contributed by atoms with E-state index in [4.69, 9.17) is 11.6 Å². The maximum atomic E-state index is 5.80. The highest BCUT2D eigenvalue weighted by Crippen LogP contribution is 2.33. The summed E-state index contributed by atoms with van der Waals surface area (Å²) in [5, 5.41) is 0. The average molecular weight is 216 g/mol. The number of halogens is 1. The van der Waals surface area contributed by atoms with Crippen molar-refractivity contribution in [1.29, 1.82) is 0 Å². The van der Waals surface area contributed by atoms with E-state index in [0.29, 0.717) is 0 Å². The topological polar surface area (TPSA) is 3.24 Å². The van der Waals surface area contributed by atoms with Crippen LogP contribution in [0, 0.1) is 11.8 Å². The Balaban J connectivity index is 1.64. The van der Waals surface area contributed by atoms with Gasteiger partial charge in [0.1, 0.15) is 0 Å². The molecule has 1 saturated heterocycles. The molecular weight excluding hydrogens is 194 g/mol. The standard InChI is InChI=1S/C12H22ClN/c13-7-5-12-2-1-8-14(10-12)9-6-11-3-4-11/h11-12H,1-10H2. The number of hydrogen-bond donors (Lipinski definition) is 0. The Labute approximate surface area is 92.8 Å². The minimum absolute atomic E-state index is 0.848. The molecule has 1 atom stereocenters. The summed E-state index contributed by atoms with van der Waals surface area (Å²) in [6, 6.07) is 0. The number of nitrogens with zero attached hydrogens (tertiary/aromatic N) is 1. The normalized spacial score (nSPS) is 29.4. The van der Waals surface area contributed by atoms with Crippen molar-refractivity contribution >= 4 is 11.6 Å². The summed E-state index contributed by atoms with van der Waals surface area (Å²) in [5.74, 6) is 2.82. The van der Waals surface area contributed by atoms with Crippen LogP contribution in [0.5, 0.6) is 0 Å². The van der Waals surface area contributed by atoms with E-state index in [1.165, 1.54) is 58.2 Å². The molecule has 0 bridgehead atoms. The molecule has 14 heavy (non-hydrogen) atoms. The van der Waals surface area contributed by atoms with E-state index in [1.54, 1.807) is 0 Å². The summed E-state index contributed by atoms with van der Waals surface area (Å²) in [7, 11) is 0. The second kappa shape index (κ2) is 5.37. The molecule has 1 heterocycles. The number of hydrogen-bond acceptors (Lipinski definition) is 1. The minimum Gasteiger partial charge on any atom is -0.303 e. The quantitative estimate of drug-likeness (QED) is 0.637. The van der Waals surface area contributed by atoms with Gasteiger partial charge in [-0.25, -0.2) is 0 Å². The van der Waals surface area contributed by atoms with Gasteiger partial charge in [-0.05, 0) is 50.6 Å². The maximum Gasteiger partial charge on any atom is 0.0226 e. The van der Waals surface area contributed by atoms with Gasteiger partial charge in [0.15, 0.2) is 0 Å². The lowest BCUT2D eigenvalue weighted by Gasteiger charge is -2.32. The van der Waals surface area contributed by atoms with E-state index in [9.17, 15) is 0 Å². The lowest BCUT2D eigenvalue weighted by atomic mass is 9.95. The van der Waals surface area contributed by atoms with Crippen molar-refractivity contribution in [2.24, 2.45) is 11.8 Å². The van der Waals surface area contributed by atoms with E-state index in [2.05, 4.69) is 4.90 Å². The van der Waals surface area contributed by atoms with E-state index in [0.717, 1.165) is 17.7 Å². The molecule has 1 saturated carbocycles. The van der Waals surface area contributed by atoms with Crippen molar-refractivity contribution < 1.29 is 0 Å². The molecule has 1 aliphatic heterocycles. The molecule has 2 fully saturated rings. The first-order chi connectivity index (χ1) is 6.88. The molecule has 2 aliphatic rings. The third-order valence-corrected chi connectivity index (χ3v) is 3.89. The zero-order valence-corrected chi connectivity index (χ0v) is 9.81. The fourth-order valence-electron chi connectivity index (χ4n) is 2.52. The van der Waals surface area contributed by atoms with Crippen LogP contribution in [0.1, 0.15) is 38.5 Å². The third kappa shape index (κ3) is 3.43. The lowest BCUT2D eigenvalue weighted by molar-refractivity contribution is 0.168. The fourth-order valence-corrected chi connectivity index (χ4v) is 2.82. The Bertz CT molecular complexity index is 166. The van der Waals surface area contributed by atoms with Crippen molar-refractivity contribution in [1.82, 2.24) is 4.90 Å². The molecule has 2 rings (SSSR count). The Morgan fingerprint density at radius 1 is 1.07 bits per heavy atom. The van der Waals surface area contributed by atoms with Gasteiger partial charge in [0.2, 0.25) is 0 Å². The zero-order chi connectivity index (χ0) is 9.80. The molecule has 0 N–H and O–H groups in total. The van der Waals surface area contributed by atoms with Crippen molar-refractivity contribution in [2.45, 2.75) is 38.5 Å². The monoisotopic (exact) mass is 215 g/mol. The SMILES string of the molecule is ClCCC1CCCN(CCC2CC2)C1. The van der Waals surface area contributed by atoms with Crippen molar-refractivity contribution in [3.05, 3.63) is 0 Å². The summed E-state index contributed by atoms with van der Waals surface area (Å²) in [4.78, 5) is 2.67. The largest absolute Gasteiger partial charge is 0.303 e. The first-order valence-electron chi connectivity index (χ1n) is 6.17. The second-order valence-corrected chi connectivity index (χ2v) is 5.40. The minimum atomic E-state index is 0.848. The van der Waals surface area contributed by atoms with Crippen LogP contribution in [0.2, 0.25) is 0 Å². The van der Waals surface area contributed by atoms with Crippen LogP contribution in [0.4, 0.5) is 0 Å². The Morgan fingerprint density at radius 2 is 1.93 bits per heavy atom. The molecular formula is C12H22ClN. The van der Waals surface area contributed by atoms with Gasteiger partial charge in [-0.3, -0.25) is 0 Å². The number of piperidine rings is 1. The molecule has 2 heteroatoms. The third-order valence-electron chi connectivity index (χ3n) is 3.67. The van der Waals surface area contributed by atoms with Crippen molar-refractivity contribution in [3.63, 3.8) is 0 Å². The molecule has 0 spiro atoms. The Hall–Kier alpha value is 0.250.